The number of unbranched alkanes of at least 4 members (excludes halogenated alkanes) is 30. The predicted octanol–water partition coefficient (Wildman–Crippen LogP) is 15.5. The first-order valence-corrected chi connectivity index (χ1v) is 24.4. The molecule has 0 fully saturated rings. The fourth-order valence-corrected chi connectivity index (χ4v) is 7.30. The molecule has 0 aromatic heterocycles. The Morgan fingerprint density at radius 3 is 0.945 bits per heavy atom. The Kier molecular flexibility index (Phi) is 42.3. The molecule has 0 saturated heterocycles. The maximum absolute atomic E-state index is 12.6. The number of esters is 3. The Hall–Kier alpha value is -1.59. The monoisotopic (exact) mass is 779 g/mol. The SMILES string of the molecule is CCCCCCCCCCCCCCCCCCCCC(=O)OC[C@H](COC(=O)CCCCCCCCCCC(C)CC)OC(=O)CCCCCCCCC. The first-order chi connectivity index (χ1) is 26.9. The van der Waals surface area contributed by atoms with Crippen LogP contribution in [0.2, 0.25) is 0 Å². The molecule has 55 heavy (non-hydrogen) atoms. The van der Waals surface area contributed by atoms with E-state index in [0.29, 0.717) is 19.3 Å². The Bertz CT molecular complexity index is 828. The van der Waals surface area contributed by atoms with Crippen LogP contribution in [-0.2, 0) is 28.6 Å². The highest BCUT2D eigenvalue weighted by molar-refractivity contribution is 5.71. The summed E-state index contributed by atoms with van der Waals surface area (Å²) in [6, 6.07) is 0. The number of ether oxygens (including phenoxy) is 3. The van der Waals surface area contributed by atoms with E-state index in [1.807, 2.05) is 0 Å². The molecule has 0 rings (SSSR count). The molecule has 0 aromatic carbocycles. The van der Waals surface area contributed by atoms with Crippen LogP contribution >= 0.6 is 0 Å². The normalized spacial score (nSPS) is 12.4. The van der Waals surface area contributed by atoms with Gasteiger partial charge in [-0.15, -0.1) is 0 Å². The Balaban J connectivity index is 4.17. The van der Waals surface area contributed by atoms with Crippen LogP contribution < -0.4 is 0 Å². The molecule has 0 N–H and O–H groups in total. The smallest absolute Gasteiger partial charge is 0.306 e. The summed E-state index contributed by atoms with van der Waals surface area (Å²) in [7, 11) is 0. The van der Waals surface area contributed by atoms with Gasteiger partial charge in [0.2, 0.25) is 0 Å². The molecular weight excluding hydrogens is 685 g/mol. The lowest BCUT2D eigenvalue weighted by Gasteiger charge is -2.18. The van der Waals surface area contributed by atoms with Gasteiger partial charge in [0, 0.05) is 19.3 Å². The summed E-state index contributed by atoms with van der Waals surface area (Å²) >= 11 is 0. The van der Waals surface area contributed by atoms with E-state index in [4.69, 9.17) is 14.2 Å². The van der Waals surface area contributed by atoms with Gasteiger partial charge in [-0.25, -0.2) is 0 Å². The van der Waals surface area contributed by atoms with Crippen LogP contribution in [0.3, 0.4) is 0 Å². The van der Waals surface area contributed by atoms with E-state index in [-0.39, 0.29) is 31.1 Å². The second-order valence-electron chi connectivity index (χ2n) is 17.0. The van der Waals surface area contributed by atoms with E-state index < -0.39 is 6.10 Å². The second kappa shape index (κ2) is 43.5. The van der Waals surface area contributed by atoms with Crippen molar-refractivity contribution in [1.29, 1.82) is 0 Å². The highest BCUT2D eigenvalue weighted by Gasteiger charge is 2.19. The van der Waals surface area contributed by atoms with Gasteiger partial charge in [-0.2, -0.15) is 0 Å². The van der Waals surface area contributed by atoms with Gasteiger partial charge in [-0.1, -0.05) is 233 Å². The largest absolute Gasteiger partial charge is 0.462 e. The molecule has 6 heteroatoms. The number of hydrogen-bond donors (Lipinski definition) is 0. The third kappa shape index (κ3) is 41.9. The molecule has 0 bridgehead atoms. The third-order valence-corrected chi connectivity index (χ3v) is 11.4. The molecule has 6 nitrogen and oxygen atoms in total. The van der Waals surface area contributed by atoms with E-state index in [9.17, 15) is 14.4 Å². The van der Waals surface area contributed by atoms with E-state index >= 15 is 0 Å². The lowest BCUT2D eigenvalue weighted by molar-refractivity contribution is -0.167. The van der Waals surface area contributed by atoms with Gasteiger partial charge < -0.3 is 14.2 Å². The summed E-state index contributed by atoms with van der Waals surface area (Å²) in [4.78, 5) is 37.7. The third-order valence-electron chi connectivity index (χ3n) is 11.4. The fourth-order valence-electron chi connectivity index (χ4n) is 7.30. The molecule has 0 amide bonds. The summed E-state index contributed by atoms with van der Waals surface area (Å²) in [5.41, 5.74) is 0. The molecule has 0 spiro atoms. The zero-order valence-corrected chi connectivity index (χ0v) is 37.4. The van der Waals surface area contributed by atoms with E-state index in [2.05, 4.69) is 27.7 Å². The van der Waals surface area contributed by atoms with Crippen molar-refractivity contribution in [1.82, 2.24) is 0 Å². The van der Waals surface area contributed by atoms with Crippen molar-refractivity contribution in [2.75, 3.05) is 13.2 Å². The molecule has 0 aromatic rings. The minimum absolute atomic E-state index is 0.0642. The van der Waals surface area contributed by atoms with Crippen LogP contribution in [0.15, 0.2) is 0 Å². The minimum atomic E-state index is -0.759. The van der Waals surface area contributed by atoms with Gasteiger partial charge in [-0.05, 0) is 25.2 Å². The van der Waals surface area contributed by atoms with Gasteiger partial charge in [-0.3, -0.25) is 14.4 Å². The minimum Gasteiger partial charge on any atom is -0.462 e. The van der Waals surface area contributed by atoms with Crippen LogP contribution in [0.4, 0.5) is 0 Å². The highest BCUT2D eigenvalue weighted by Crippen LogP contribution is 2.17. The average Bonchev–Trinajstić information content (AvgIpc) is 3.18. The Morgan fingerprint density at radius 1 is 0.364 bits per heavy atom. The topological polar surface area (TPSA) is 78.9 Å². The highest BCUT2D eigenvalue weighted by atomic mass is 16.6. The number of carbonyl (C=O) groups excluding carboxylic acids is 3. The summed E-state index contributed by atoms with van der Waals surface area (Å²) in [6.45, 7) is 8.98. The lowest BCUT2D eigenvalue weighted by Crippen LogP contribution is -2.30. The van der Waals surface area contributed by atoms with Crippen molar-refractivity contribution >= 4 is 17.9 Å². The van der Waals surface area contributed by atoms with Crippen LogP contribution in [0.5, 0.6) is 0 Å². The molecule has 0 radical (unpaired) electrons. The summed E-state index contributed by atoms with van der Waals surface area (Å²) in [5, 5.41) is 0. The molecule has 1 unspecified atom stereocenters. The number of rotatable bonds is 44. The summed E-state index contributed by atoms with van der Waals surface area (Å²) in [5.74, 6) is -0.0102. The zero-order chi connectivity index (χ0) is 40.3. The molecule has 0 saturated carbocycles. The molecule has 0 aliphatic carbocycles. The van der Waals surface area contributed by atoms with Crippen molar-refractivity contribution in [2.45, 2.75) is 278 Å². The second-order valence-corrected chi connectivity index (χ2v) is 17.0. The van der Waals surface area contributed by atoms with Crippen molar-refractivity contribution < 1.29 is 28.6 Å². The van der Waals surface area contributed by atoms with Crippen molar-refractivity contribution in [3.63, 3.8) is 0 Å². The van der Waals surface area contributed by atoms with Gasteiger partial charge in [0.25, 0.3) is 0 Å². The van der Waals surface area contributed by atoms with Gasteiger partial charge in [0.05, 0.1) is 0 Å². The van der Waals surface area contributed by atoms with Crippen molar-refractivity contribution in [3.05, 3.63) is 0 Å². The molecular formula is C49H94O6. The predicted molar refractivity (Wildman–Crippen MR) is 233 cm³/mol. The van der Waals surface area contributed by atoms with Crippen LogP contribution in [-0.4, -0.2) is 37.2 Å². The van der Waals surface area contributed by atoms with E-state index in [1.165, 1.54) is 167 Å². The maximum atomic E-state index is 12.6. The zero-order valence-electron chi connectivity index (χ0n) is 37.4. The maximum Gasteiger partial charge on any atom is 0.306 e. The van der Waals surface area contributed by atoms with E-state index in [0.717, 1.165) is 63.7 Å². The molecule has 0 aliphatic rings. The molecule has 0 aliphatic heterocycles. The Labute approximate surface area is 342 Å². The molecule has 326 valence electrons. The first-order valence-electron chi connectivity index (χ1n) is 24.4. The van der Waals surface area contributed by atoms with Crippen LogP contribution in [0, 0.1) is 5.92 Å². The van der Waals surface area contributed by atoms with Gasteiger partial charge >= 0.3 is 17.9 Å². The van der Waals surface area contributed by atoms with Crippen molar-refractivity contribution in [2.24, 2.45) is 5.92 Å². The number of hydrogen-bond acceptors (Lipinski definition) is 6. The Morgan fingerprint density at radius 2 is 0.636 bits per heavy atom. The standard InChI is InChI=1S/C49H94O6/c1-5-8-10-12-14-15-16-17-18-19-20-21-22-23-24-29-32-36-40-47(50)53-43-46(55-49(52)42-38-34-27-13-11-9-6-2)44-54-48(51)41-37-33-30-26-25-28-31-35-39-45(4)7-3/h45-46H,5-44H2,1-4H3/t45?,46-/m1/s1. The van der Waals surface area contributed by atoms with Crippen molar-refractivity contribution in [3.8, 4) is 0 Å². The van der Waals surface area contributed by atoms with E-state index in [1.54, 1.807) is 0 Å². The molecule has 2 atom stereocenters. The van der Waals surface area contributed by atoms with Crippen LogP contribution in [0.25, 0.3) is 0 Å². The number of carbonyl (C=O) groups is 3. The first kappa shape index (κ1) is 53.4. The lowest BCUT2D eigenvalue weighted by atomic mass is 9.99. The van der Waals surface area contributed by atoms with Crippen LogP contribution in [0.1, 0.15) is 272 Å². The molecule has 0 heterocycles. The fraction of sp³-hybridized carbons (Fsp3) is 0.939. The van der Waals surface area contributed by atoms with Gasteiger partial charge in [0.15, 0.2) is 6.10 Å². The summed E-state index contributed by atoms with van der Waals surface area (Å²) < 4.78 is 16.7. The van der Waals surface area contributed by atoms with Gasteiger partial charge in [0.1, 0.15) is 13.2 Å². The quantitative estimate of drug-likeness (QED) is 0.0348. The summed E-state index contributed by atoms with van der Waals surface area (Å²) in [6.07, 6.45) is 43.8. The average molecular weight is 779 g/mol.